The summed E-state index contributed by atoms with van der Waals surface area (Å²) in [6, 6.07) is 8.11. The maximum absolute atomic E-state index is 6.14. The number of hydrogen-bond acceptors (Lipinski definition) is 5. The van der Waals surface area contributed by atoms with Crippen molar-refractivity contribution in [1.82, 2.24) is 9.97 Å². The zero-order valence-electron chi connectivity index (χ0n) is 11.6. The number of nitrogens with zero attached hydrogens (tertiary/aromatic N) is 2. The van der Waals surface area contributed by atoms with Crippen molar-refractivity contribution < 1.29 is 0 Å². The number of para-hydroxylation sites is 1. The number of nitrogens with one attached hydrogen (secondary N) is 2. The van der Waals surface area contributed by atoms with E-state index in [0.717, 1.165) is 5.69 Å². The summed E-state index contributed by atoms with van der Waals surface area (Å²) in [5.41, 5.74) is 0.994. The molecule has 1 aromatic carbocycles. The molecule has 4 nitrogen and oxygen atoms in total. The number of benzene rings is 1. The third-order valence-electron chi connectivity index (χ3n) is 2.47. The van der Waals surface area contributed by atoms with Crippen molar-refractivity contribution in [3.05, 3.63) is 35.5 Å². The van der Waals surface area contributed by atoms with Crippen LogP contribution in [-0.2, 0) is 0 Å². The highest BCUT2D eigenvalue weighted by Crippen LogP contribution is 2.33. The Morgan fingerprint density at radius 3 is 2.70 bits per heavy atom. The van der Waals surface area contributed by atoms with Gasteiger partial charge in [-0.1, -0.05) is 37.6 Å². The predicted octanol–water partition coefficient (Wildman–Crippen LogP) is 4.42. The number of thioether (sulfide) groups is 1. The molecule has 0 amide bonds. The second kappa shape index (κ2) is 6.81. The van der Waals surface area contributed by atoms with Gasteiger partial charge in [-0.05, 0) is 12.1 Å². The molecule has 0 saturated heterocycles. The molecule has 106 valence electrons. The Morgan fingerprint density at radius 1 is 1.25 bits per heavy atom. The Bertz CT molecular complexity index is 589. The smallest absolute Gasteiger partial charge is 0.224 e. The molecule has 0 bridgehead atoms. The fraction of sp³-hybridized carbons (Fsp3) is 0.286. The number of halogens is 1. The molecule has 6 heteroatoms. The molecule has 1 heterocycles. The molecule has 0 radical (unpaired) electrons. The molecular formula is C14H17ClN4S. The molecule has 0 aliphatic carbocycles. The van der Waals surface area contributed by atoms with Crippen LogP contribution in [0.2, 0.25) is 5.02 Å². The van der Waals surface area contributed by atoms with Gasteiger partial charge in [0.05, 0.1) is 11.9 Å². The van der Waals surface area contributed by atoms with Crippen LogP contribution in [0, 0.1) is 0 Å². The van der Waals surface area contributed by atoms with Crippen LogP contribution in [-0.4, -0.2) is 22.3 Å². The standard InChI is InChI=1S/C14H17ClN4S/c1-9(2)20-12-7-5-4-6-11(12)18-13-10(15)8-17-14(16-3)19-13/h4-9H,1-3H3,(H2,16,17,18,19). The SMILES string of the molecule is CNc1ncc(Cl)c(Nc2ccccc2SC(C)C)n1. The Labute approximate surface area is 128 Å². The first-order valence-corrected chi connectivity index (χ1v) is 7.59. The van der Waals surface area contributed by atoms with E-state index in [1.807, 2.05) is 18.2 Å². The van der Waals surface area contributed by atoms with Crippen LogP contribution in [0.15, 0.2) is 35.4 Å². The van der Waals surface area contributed by atoms with Crippen LogP contribution < -0.4 is 10.6 Å². The highest BCUT2D eigenvalue weighted by molar-refractivity contribution is 8.00. The number of anilines is 3. The Morgan fingerprint density at radius 2 is 2.00 bits per heavy atom. The monoisotopic (exact) mass is 308 g/mol. The molecule has 0 atom stereocenters. The lowest BCUT2D eigenvalue weighted by molar-refractivity contribution is 1.11. The van der Waals surface area contributed by atoms with Gasteiger partial charge in [0.1, 0.15) is 5.02 Å². The minimum Gasteiger partial charge on any atom is -0.357 e. The summed E-state index contributed by atoms with van der Waals surface area (Å²) in [7, 11) is 1.77. The summed E-state index contributed by atoms with van der Waals surface area (Å²) in [5.74, 6) is 1.13. The van der Waals surface area contributed by atoms with E-state index in [4.69, 9.17) is 11.6 Å². The normalized spacial score (nSPS) is 10.7. The minimum absolute atomic E-state index is 0.494. The van der Waals surface area contributed by atoms with Crippen molar-refractivity contribution in [3.8, 4) is 0 Å². The lowest BCUT2D eigenvalue weighted by Gasteiger charge is -2.13. The minimum atomic E-state index is 0.494. The maximum Gasteiger partial charge on any atom is 0.224 e. The molecule has 0 fully saturated rings. The fourth-order valence-electron chi connectivity index (χ4n) is 1.63. The molecule has 2 rings (SSSR count). The van der Waals surface area contributed by atoms with Gasteiger partial charge in [-0.15, -0.1) is 11.8 Å². The van der Waals surface area contributed by atoms with Crippen molar-refractivity contribution >= 4 is 40.8 Å². The van der Waals surface area contributed by atoms with Crippen LogP contribution in [0.3, 0.4) is 0 Å². The van der Waals surface area contributed by atoms with E-state index in [0.29, 0.717) is 22.0 Å². The summed E-state index contributed by atoms with van der Waals surface area (Å²) in [6.45, 7) is 4.33. The molecule has 0 aliphatic heterocycles. The predicted molar refractivity (Wildman–Crippen MR) is 87.3 cm³/mol. The van der Waals surface area contributed by atoms with Crippen molar-refractivity contribution in [2.24, 2.45) is 0 Å². The summed E-state index contributed by atoms with van der Waals surface area (Å²) < 4.78 is 0. The van der Waals surface area contributed by atoms with Crippen LogP contribution in [0.5, 0.6) is 0 Å². The second-order valence-electron chi connectivity index (χ2n) is 4.43. The Balaban J connectivity index is 2.30. The van der Waals surface area contributed by atoms with Crippen molar-refractivity contribution in [3.63, 3.8) is 0 Å². The summed E-state index contributed by atoms with van der Waals surface area (Å²) in [5, 5.41) is 7.18. The summed E-state index contributed by atoms with van der Waals surface area (Å²) in [4.78, 5) is 9.57. The molecule has 1 aromatic heterocycles. The summed E-state index contributed by atoms with van der Waals surface area (Å²) in [6.07, 6.45) is 1.58. The molecule has 0 aliphatic rings. The van der Waals surface area contributed by atoms with Gasteiger partial charge in [0.2, 0.25) is 5.95 Å². The van der Waals surface area contributed by atoms with E-state index in [-0.39, 0.29) is 0 Å². The molecule has 2 N–H and O–H groups in total. The van der Waals surface area contributed by atoms with Crippen molar-refractivity contribution in [1.29, 1.82) is 0 Å². The number of aromatic nitrogens is 2. The fourth-order valence-corrected chi connectivity index (χ4v) is 2.68. The van der Waals surface area contributed by atoms with Crippen LogP contribution >= 0.6 is 23.4 Å². The van der Waals surface area contributed by atoms with E-state index < -0.39 is 0 Å². The van der Waals surface area contributed by atoms with Gasteiger partial charge in [0.25, 0.3) is 0 Å². The third kappa shape index (κ3) is 3.77. The van der Waals surface area contributed by atoms with E-state index in [1.54, 1.807) is 25.0 Å². The average molecular weight is 309 g/mol. The summed E-state index contributed by atoms with van der Waals surface area (Å²) >= 11 is 7.93. The highest BCUT2D eigenvalue weighted by Gasteiger charge is 2.09. The molecular weight excluding hydrogens is 292 g/mol. The number of rotatable bonds is 5. The van der Waals surface area contributed by atoms with Crippen LogP contribution in [0.25, 0.3) is 0 Å². The Kier molecular flexibility index (Phi) is 5.09. The molecule has 20 heavy (non-hydrogen) atoms. The molecule has 0 saturated carbocycles. The largest absolute Gasteiger partial charge is 0.357 e. The lowest BCUT2D eigenvalue weighted by atomic mass is 10.3. The van der Waals surface area contributed by atoms with Gasteiger partial charge in [-0.25, -0.2) is 4.98 Å². The first kappa shape index (κ1) is 14.9. The average Bonchev–Trinajstić information content (AvgIpc) is 2.43. The lowest BCUT2D eigenvalue weighted by Crippen LogP contribution is -2.02. The zero-order valence-corrected chi connectivity index (χ0v) is 13.2. The van der Waals surface area contributed by atoms with Crippen molar-refractivity contribution in [2.45, 2.75) is 24.0 Å². The Hall–Kier alpha value is -1.46. The van der Waals surface area contributed by atoms with E-state index >= 15 is 0 Å². The van der Waals surface area contributed by atoms with Crippen molar-refractivity contribution in [2.75, 3.05) is 17.7 Å². The topological polar surface area (TPSA) is 49.8 Å². The molecule has 0 spiro atoms. The van der Waals surface area contributed by atoms with Gasteiger partial charge in [-0.2, -0.15) is 4.98 Å². The van der Waals surface area contributed by atoms with Gasteiger partial charge in [-0.3, -0.25) is 0 Å². The van der Waals surface area contributed by atoms with E-state index in [2.05, 4.69) is 40.5 Å². The van der Waals surface area contributed by atoms with Gasteiger partial charge >= 0.3 is 0 Å². The highest BCUT2D eigenvalue weighted by atomic mass is 35.5. The first-order chi connectivity index (χ1) is 9.60. The van der Waals surface area contributed by atoms with Crippen LogP contribution in [0.4, 0.5) is 17.5 Å². The van der Waals surface area contributed by atoms with E-state index in [1.165, 1.54) is 4.90 Å². The number of hydrogen-bond donors (Lipinski definition) is 2. The quantitative estimate of drug-likeness (QED) is 0.801. The maximum atomic E-state index is 6.14. The van der Waals surface area contributed by atoms with E-state index in [9.17, 15) is 0 Å². The van der Waals surface area contributed by atoms with Gasteiger partial charge in [0, 0.05) is 17.2 Å². The third-order valence-corrected chi connectivity index (χ3v) is 3.83. The van der Waals surface area contributed by atoms with Gasteiger partial charge in [0.15, 0.2) is 5.82 Å². The molecule has 0 unspecified atom stereocenters. The second-order valence-corrected chi connectivity index (χ2v) is 6.45. The zero-order chi connectivity index (χ0) is 14.5. The van der Waals surface area contributed by atoms with Crippen LogP contribution in [0.1, 0.15) is 13.8 Å². The van der Waals surface area contributed by atoms with Gasteiger partial charge < -0.3 is 10.6 Å². The molecule has 2 aromatic rings. The first-order valence-electron chi connectivity index (χ1n) is 6.33.